The predicted octanol–water partition coefficient (Wildman–Crippen LogP) is 2.32. The van der Waals surface area contributed by atoms with E-state index < -0.39 is 6.61 Å². The van der Waals surface area contributed by atoms with E-state index in [1.54, 1.807) is 21.9 Å². The summed E-state index contributed by atoms with van der Waals surface area (Å²) in [5.74, 6) is -0.319. The van der Waals surface area contributed by atoms with Crippen molar-refractivity contribution >= 4 is 17.5 Å². The molecule has 1 saturated heterocycles. The highest BCUT2D eigenvalue weighted by molar-refractivity contribution is 5.97. The minimum atomic E-state index is -0.509. The van der Waals surface area contributed by atoms with E-state index in [1.807, 2.05) is 42.5 Å². The van der Waals surface area contributed by atoms with Gasteiger partial charge in [-0.15, -0.1) is 0 Å². The topological polar surface area (TPSA) is 70.1 Å². The summed E-state index contributed by atoms with van der Waals surface area (Å²) in [7, 11) is 0. The van der Waals surface area contributed by atoms with Gasteiger partial charge in [0.1, 0.15) is 6.61 Å². The van der Waals surface area contributed by atoms with Crippen molar-refractivity contribution in [1.29, 1.82) is 0 Å². The minimum absolute atomic E-state index is 0.0602. The van der Waals surface area contributed by atoms with Crippen LogP contribution in [0.2, 0.25) is 0 Å². The molecule has 0 radical (unpaired) electrons. The molecule has 2 aromatic rings. The maximum Gasteiger partial charge on any atom is 0.324 e. The van der Waals surface area contributed by atoms with E-state index >= 15 is 0 Å². The number of rotatable bonds is 5. The molecule has 1 heterocycles. The number of aliphatic hydroxyl groups is 1. The van der Waals surface area contributed by atoms with E-state index in [9.17, 15) is 9.59 Å². The average molecular weight is 354 g/mol. The number of carbonyl (C=O) groups excluding carboxylic acids is 2. The van der Waals surface area contributed by atoms with E-state index in [2.05, 4.69) is 0 Å². The highest BCUT2D eigenvalue weighted by atomic mass is 16.5. The van der Waals surface area contributed by atoms with Crippen molar-refractivity contribution in [1.82, 2.24) is 4.90 Å². The van der Waals surface area contributed by atoms with Crippen molar-refractivity contribution < 1.29 is 19.4 Å². The number of ketones is 1. The molecule has 1 fully saturated rings. The lowest BCUT2D eigenvalue weighted by Gasteiger charge is -2.33. The summed E-state index contributed by atoms with van der Waals surface area (Å²) in [5.41, 5.74) is 2.19. The number of aliphatic hydroxyl groups excluding tert-OH is 1. The first-order valence-corrected chi connectivity index (χ1v) is 8.61. The number of amides is 2. The van der Waals surface area contributed by atoms with E-state index in [-0.39, 0.29) is 11.8 Å². The second-order valence-corrected chi connectivity index (χ2v) is 6.08. The number of Topliss-reactive ketones (excluding diaryl/α,β-unsaturated/α-hetero) is 1. The number of hydrogen-bond donors (Lipinski definition) is 1. The van der Waals surface area contributed by atoms with Crippen molar-refractivity contribution in [3.05, 3.63) is 65.7 Å². The van der Waals surface area contributed by atoms with Gasteiger partial charge in [-0.05, 0) is 17.7 Å². The molecule has 1 N–H and O–H groups in total. The normalized spacial score (nSPS) is 14.1. The molecule has 1 aliphatic rings. The van der Waals surface area contributed by atoms with Crippen LogP contribution in [-0.2, 0) is 11.3 Å². The SMILES string of the molecule is O=C(CO)c1ccc(CN(C(=O)N2CCOCC2)c2ccccc2)cc1. The summed E-state index contributed by atoms with van der Waals surface area (Å²) >= 11 is 0. The molecule has 2 amide bonds. The van der Waals surface area contributed by atoms with Crippen LogP contribution in [0.3, 0.4) is 0 Å². The molecule has 0 spiro atoms. The second kappa shape index (κ2) is 8.60. The molecule has 6 heteroatoms. The van der Waals surface area contributed by atoms with Gasteiger partial charge < -0.3 is 14.7 Å². The van der Waals surface area contributed by atoms with Gasteiger partial charge in [0.25, 0.3) is 0 Å². The maximum absolute atomic E-state index is 13.0. The van der Waals surface area contributed by atoms with Gasteiger partial charge in [-0.1, -0.05) is 42.5 Å². The number of benzene rings is 2. The van der Waals surface area contributed by atoms with Crippen molar-refractivity contribution in [2.75, 3.05) is 37.8 Å². The monoisotopic (exact) mass is 354 g/mol. The zero-order chi connectivity index (χ0) is 18.4. The van der Waals surface area contributed by atoms with Crippen LogP contribution < -0.4 is 4.90 Å². The third-order valence-corrected chi connectivity index (χ3v) is 4.34. The summed E-state index contributed by atoms with van der Waals surface area (Å²) in [6.45, 7) is 2.13. The minimum Gasteiger partial charge on any atom is -0.388 e. The first-order chi connectivity index (χ1) is 12.7. The quantitative estimate of drug-likeness (QED) is 0.837. The summed E-state index contributed by atoms with van der Waals surface area (Å²) in [6, 6.07) is 16.4. The number of hydrogen-bond acceptors (Lipinski definition) is 4. The van der Waals surface area contributed by atoms with Gasteiger partial charge in [0.15, 0.2) is 5.78 Å². The summed E-state index contributed by atoms with van der Waals surface area (Å²) in [4.78, 5) is 28.1. The molecule has 6 nitrogen and oxygen atoms in total. The largest absolute Gasteiger partial charge is 0.388 e. The standard InChI is InChI=1S/C20H22N2O4/c23-15-19(24)17-8-6-16(7-9-17)14-22(18-4-2-1-3-5-18)20(25)21-10-12-26-13-11-21/h1-9,23H,10-15H2. The molecule has 0 aromatic heterocycles. The molecule has 0 aliphatic carbocycles. The summed E-state index contributed by atoms with van der Waals surface area (Å²) < 4.78 is 5.34. The number of urea groups is 1. The second-order valence-electron chi connectivity index (χ2n) is 6.08. The van der Waals surface area contributed by atoms with Gasteiger partial charge in [-0.25, -0.2) is 4.79 Å². The van der Waals surface area contributed by atoms with Gasteiger partial charge in [0.05, 0.1) is 19.8 Å². The van der Waals surface area contributed by atoms with Crippen LogP contribution in [0.4, 0.5) is 10.5 Å². The third-order valence-electron chi connectivity index (χ3n) is 4.34. The Morgan fingerprint density at radius 3 is 2.27 bits per heavy atom. The molecule has 2 aromatic carbocycles. The highest BCUT2D eigenvalue weighted by Crippen LogP contribution is 2.20. The lowest BCUT2D eigenvalue weighted by atomic mass is 10.1. The number of anilines is 1. The molecule has 136 valence electrons. The fraction of sp³-hybridized carbons (Fsp3) is 0.300. The van der Waals surface area contributed by atoms with E-state index in [0.717, 1.165) is 11.3 Å². The Balaban J connectivity index is 1.81. The Kier molecular flexibility index (Phi) is 5.99. The number of nitrogens with zero attached hydrogens (tertiary/aromatic N) is 2. The lowest BCUT2D eigenvalue weighted by Crippen LogP contribution is -2.48. The Hall–Kier alpha value is -2.70. The molecule has 0 unspecified atom stereocenters. The van der Waals surface area contributed by atoms with Gasteiger partial charge in [0, 0.05) is 24.3 Å². The van der Waals surface area contributed by atoms with Crippen LogP contribution in [0.25, 0.3) is 0 Å². The van der Waals surface area contributed by atoms with Crippen LogP contribution >= 0.6 is 0 Å². The number of carbonyl (C=O) groups is 2. The van der Waals surface area contributed by atoms with E-state index in [4.69, 9.17) is 9.84 Å². The fourth-order valence-electron chi connectivity index (χ4n) is 2.87. The number of ether oxygens (including phenoxy) is 1. The van der Waals surface area contributed by atoms with Crippen molar-refractivity contribution in [3.8, 4) is 0 Å². The summed E-state index contributed by atoms with van der Waals surface area (Å²) in [5, 5.41) is 8.95. The Morgan fingerprint density at radius 1 is 1.00 bits per heavy atom. The Bertz CT molecular complexity index is 740. The van der Waals surface area contributed by atoms with Gasteiger partial charge in [0.2, 0.25) is 0 Å². The van der Waals surface area contributed by atoms with Crippen LogP contribution in [0, 0.1) is 0 Å². The van der Waals surface area contributed by atoms with Crippen LogP contribution in [0.15, 0.2) is 54.6 Å². The molecule has 0 atom stereocenters. The maximum atomic E-state index is 13.0. The third kappa shape index (κ3) is 4.28. The van der Waals surface area contributed by atoms with Gasteiger partial charge in [-0.3, -0.25) is 9.69 Å². The average Bonchev–Trinajstić information content (AvgIpc) is 2.72. The van der Waals surface area contributed by atoms with Crippen molar-refractivity contribution in [2.24, 2.45) is 0 Å². The van der Waals surface area contributed by atoms with Gasteiger partial charge in [-0.2, -0.15) is 0 Å². The van der Waals surface area contributed by atoms with Crippen molar-refractivity contribution in [2.45, 2.75) is 6.54 Å². The van der Waals surface area contributed by atoms with Crippen LogP contribution in [-0.4, -0.2) is 54.7 Å². The fourth-order valence-corrected chi connectivity index (χ4v) is 2.87. The van der Waals surface area contributed by atoms with Gasteiger partial charge >= 0.3 is 6.03 Å². The molecule has 0 bridgehead atoms. The zero-order valence-corrected chi connectivity index (χ0v) is 14.5. The molecule has 1 aliphatic heterocycles. The Morgan fingerprint density at radius 2 is 1.65 bits per heavy atom. The van der Waals surface area contributed by atoms with E-state index in [1.165, 1.54) is 0 Å². The molecular weight excluding hydrogens is 332 g/mol. The van der Waals surface area contributed by atoms with Crippen molar-refractivity contribution in [3.63, 3.8) is 0 Å². The molecule has 3 rings (SSSR count). The Labute approximate surface area is 152 Å². The zero-order valence-electron chi connectivity index (χ0n) is 14.5. The first-order valence-electron chi connectivity index (χ1n) is 8.61. The van der Waals surface area contributed by atoms with Crippen LogP contribution in [0.5, 0.6) is 0 Å². The number of para-hydroxylation sites is 1. The first kappa shape index (κ1) is 18.1. The highest BCUT2D eigenvalue weighted by Gasteiger charge is 2.24. The molecular formula is C20H22N2O4. The number of morpholine rings is 1. The summed E-state index contributed by atoms with van der Waals surface area (Å²) in [6.07, 6.45) is 0. The predicted molar refractivity (Wildman–Crippen MR) is 98.3 cm³/mol. The molecule has 0 saturated carbocycles. The van der Waals surface area contributed by atoms with E-state index in [0.29, 0.717) is 38.4 Å². The molecule has 26 heavy (non-hydrogen) atoms. The van der Waals surface area contributed by atoms with Crippen LogP contribution in [0.1, 0.15) is 15.9 Å². The smallest absolute Gasteiger partial charge is 0.324 e. The lowest BCUT2D eigenvalue weighted by molar-refractivity contribution is 0.0548.